The van der Waals surface area contributed by atoms with Crippen LogP contribution in [0.3, 0.4) is 0 Å². The van der Waals surface area contributed by atoms with Gasteiger partial charge in [0.2, 0.25) is 5.91 Å². The molecule has 22 heavy (non-hydrogen) atoms. The number of halogens is 1. The summed E-state index contributed by atoms with van der Waals surface area (Å²) in [4.78, 5) is 12.1. The molecule has 1 fully saturated rings. The van der Waals surface area contributed by atoms with E-state index in [-0.39, 0.29) is 25.0 Å². The first-order valence-electron chi connectivity index (χ1n) is 7.62. The number of aliphatic hydroxyl groups excluding tert-OH is 1. The molecule has 3 atom stereocenters. The molecule has 1 amide bonds. The summed E-state index contributed by atoms with van der Waals surface area (Å²) in [6, 6.07) is 7.83. The van der Waals surface area contributed by atoms with Crippen LogP contribution in [0.1, 0.15) is 19.8 Å². The van der Waals surface area contributed by atoms with Crippen LogP contribution < -0.4 is 15.4 Å². The van der Waals surface area contributed by atoms with Gasteiger partial charge in [0, 0.05) is 18.5 Å². The fraction of sp³-hybridized carbons (Fsp3) is 0.562. The van der Waals surface area contributed by atoms with Crippen LogP contribution >= 0.6 is 15.9 Å². The maximum absolute atomic E-state index is 12.1. The van der Waals surface area contributed by atoms with Crippen LogP contribution in [0.5, 0.6) is 5.75 Å². The van der Waals surface area contributed by atoms with E-state index >= 15 is 0 Å². The first-order chi connectivity index (χ1) is 10.6. The SMILES string of the molecule is C[C@H]1C[C@@H](C(=O)NCC(O)COc2ccccc2Br)CCN1. The first-order valence-corrected chi connectivity index (χ1v) is 8.42. The molecule has 1 unspecified atom stereocenters. The molecule has 3 N–H and O–H groups in total. The monoisotopic (exact) mass is 370 g/mol. The van der Waals surface area contributed by atoms with Crippen LogP contribution in [0.25, 0.3) is 0 Å². The number of para-hydroxylation sites is 1. The Morgan fingerprint density at radius 1 is 1.55 bits per heavy atom. The lowest BCUT2D eigenvalue weighted by molar-refractivity contribution is -0.126. The summed E-state index contributed by atoms with van der Waals surface area (Å²) in [5.41, 5.74) is 0. The van der Waals surface area contributed by atoms with Crippen molar-refractivity contribution in [2.45, 2.75) is 31.9 Å². The van der Waals surface area contributed by atoms with Crippen LogP contribution in [-0.2, 0) is 4.79 Å². The van der Waals surface area contributed by atoms with E-state index < -0.39 is 6.10 Å². The molecule has 0 radical (unpaired) electrons. The van der Waals surface area contributed by atoms with Gasteiger partial charge in [-0.2, -0.15) is 0 Å². The zero-order valence-corrected chi connectivity index (χ0v) is 14.3. The quantitative estimate of drug-likeness (QED) is 0.712. The second-order valence-electron chi connectivity index (χ2n) is 5.72. The van der Waals surface area contributed by atoms with Crippen LogP contribution in [0.2, 0.25) is 0 Å². The van der Waals surface area contributed by atoms with Crippen molar-refractivity contribution >= 4 is 21.8 Å². The van der Waals surface area contributed by atoms with E-state index in [0.717, 1.165) is 23.9 Å². The van der Waals surface area contributed by atoms with E-state index in [1.807, 2.05) is 24.3 Å². The molecule has 0 aromatic heterocycles. The Morgan fingerprint density at radius 2 is 2.32 bits per heavy atom. The highest BCUT2D eigenvalue weighted by Gasteiger charge is 2.24. The maximum atomic E-state index is 12.1. The van der Waals surface area contributed by atoms with Crippen LogP contribution in [-0.4, -0.2) is 42.9 Å². The van der Waals surface area contributed by atoms with Crippen LogP contribution in [0, 0.1) is 5.92 Å². The fourth-order valence-corrected chi connectivity index (χ4v) is 2.94. The van der Waals surface area contributed by atoms with E-state index in [4.69, 9.17) is 4.74 Å². The highest BCUT2D eigenvalue weighted by molar-refractivity contribution is 9.10. The van der Waals surface area contributed by atoms with E-state index in [2.05, 4.69) is 33.5 Å². The summed E-state index contributed by atoms with van der Waals surface area (Å²) in [5, 5.41) is 16.1. The smallest absolute Gasteiger partial charge is 0.223 e. The molecular formula is C16H23BrN2O3. The lowest BCUT2D eigenvalue weighted by Gasteiger charge is -2.27. The third-order valence-electron chi connectivity index (χ3n) is 3.77. The van der Waals surface area contributed by atoms with Crippen LogP contribution in [0.15, 0.2) is 28.7 Å². The topological polar surface area (TPSA) is 70.6 Å². The molecule has 2 rings (SSSR count). The molecule has 1 aliphatic heterocycles. The largest absolute Gasteiger partial charge is 0.490 e. The third-order valence-corrected chi connectivity index (χ3v) is 4.43. The van der Waals surface area contributed by atoms with E-state index in [1.54, 1.807) is 0 Å². The number of piperidine rings is 1. The van der Waals surface area contributed by atoms with E-state index in [1.165, 1.54) is 0 Å². The molecule has 1 heterocycles. The number of rotatable bonds is 6. The Hall–Kier alpha value is -1.11. The highest BCUT2D eigenvalue weighted by atomic mass is 79.9. The number of nitrogens with one attached hydrogen (secondary N) is 2. The summed E-state index contributed by atoms with van der Waals surface area (Å²) in [7, 11) is 0. The summed E-state index contributed by atoms with van der Waals surface area (Å²) >= 11 is 3.38. The lowest BCUT2D eigenvalue weighted by atomic mass is 9.92. The predicted octanol–water partition coefficient (Wildman–Crippen LogP) is 1.69. The number of hydrogen-bond donors (Lipinski definition) is 3. The molecular weight excluding hydrogens is 348 g/mol. The second-order valence-corrected chi connectivity index (χ2v) is 6.57. The number of carbonyl (C=O) groups is 1. The minimum absolute atomic E-state index is 0.0216. The number of benzene rings is 1. The zero-order chi connectivity index (χ0) is 15.9. The molecule has 1 saturated heterocycles. The molecule has 1 aromatic rings. The van der Waals surface area contributed by atoms with Gasteiger partial charge in [-0.3, -0.25) is 4.79 Å². The zero-order valence-electron chi connectivity index (χ0n) is 12.7. The van der Waals surface area contributed by atoms with Crippen molar-refractivity contribution in [3.05, 3.63) is 28.7 Å². The van der Waals surface area contributed by atoms with E-state index in [0.29, 0.717) is 11.8 Å². The number of carbonyl (C=O) groups excluding carboxylic acids is 1. The summed E-state index contributed by atoms with van der Waals surface area (Å²) in [6.07, 6.45) is 0.963. The highest BCUT2D eigenvalue weighted by Crippen LogP contribution is 2.23. The third kappa shape index (κ3) is 5.26. The van der Waals surface area contributed by atoms with Crippen LogP contribution in [0.4, 0.5) is 0 Å². The average molecular weight is 371 g/mol. The maximum Gasteiger partial charge on any atom is 0.223 e. The van der Waals surface area contributed by atoms with Crippen molar-refractivity contribution in [3.8, 4) is 5.75 Å². The molecule has 122 valence electrons. The van der Waals surface area contributed by atoms with Crippen molar-refractivity contribution in [2.75, 3.05) is 19.7 Å². The standard InChI is InChI=1S/C16H23BrN2O3/c1-11-8-12(6-7-18-11)16(21)19-9-13(20)10-22-15-5-3-2-4-14(15)17/h2-5,11-13,18,20H,6-10H2,1H3,(H,19,21)/t11-,12-,13?/m0/s1. The number of hydrogen-bond acceptors (Lipinski definition) is 4. The van der Waals surface area contributed by atoms with Gasteiger partial charge in [-0.05, 0) is 54.4 Å². The van der Waals surface area contributed by atoms with Gasteiger partial charge in [0.1, 0.15) is 18.5 Å². The Morgan fingerprint density at radius 3 is 3.05 bits per heavy atom. The second kappa shape index (κ2) is 8.50. The van der Waals surface area contributed by atoms with Gasteiger partial charge < -0.3 is 20.5 Å². The molecule has 6 heteroatoms. The lowest BCUT2D eigenvalue weighted by Crippen LogP contribution is -2.44. The van der Waals surface area contributed by atoms with Gasteiger partial charge in [-0.15, -0.1) is 0 Å². The summed E-state index contributed by atoms with van der Waals surface area (Å²) in [6.45, 7) is 3.31. The van der Waals surface area contributed by atoms with Gasteiger partial charge in [-0.25, -0.2) is 0 Å². The van der Waals surface area contributed by atoms with Crippen molar-refractivity contribution in [2.24, 2.45) is 5.92 Å². The molecule has 5 nitrogen and oxygen atoms in total. The Kier molecular flexibility index (Phi) is 6.67. The van der Waals surface area contributed by atoms with Gasteiger partial charge in [0.25, 0.3) is 0 Å². The first kappa shape index (κ1) is 17.2. The number of aliphatic hydroxyl groups is 1. The normalized spacial score (nSPS) is 22.9. The minimum Gasteiger partial charge on any atom is -0.490 e. The Balaban J connectivity index is 1.70. The van der Waals surface area contributed by atoms with Gasteiger partial charge in [0.15, 0.2) is 0 Å². The summed E-state index contributed by atoms with van der Waals surface area (Å²) in [5.74, 6) is 0.737. The van der Waals surface area contributed by atoms with E-state index in [9.17, 15) is 9.90 Å². The van der Waals surface area contributed by atoms with Gasteiger partial charge in [-0.1, -0.05) is 12.1 Å². The van der Waals surface area contributed by atoms with Crippen molar-refractivity contribution in [3.63, 3.8) is 0 Å². The number of amides is 1. The average Bonchev–Trinajstić information content (AvgIpc) is 2.52. The predicted molar refractivity (Wildman–Crippen MR) is 88.8 cm³/mol. The fourth-order valence-electron chi connectivity index (χ4n) is 2.54. The molecule has 0 spiro atoms. The minimum atomic E-state index is -0.727. The van der Waals surface area contributed by atoms with Crippen molar-refractivity contribution in [1.82, 2.24) is 10.6 Å². The Labute approximate surface area is 139 Å². The number of ether oxygens (including phenoxy) is 1. The molecule has 1 aromatic carbocycles. The van der Waals surface area contributed by atoms with Crippen molar-refractivity contribution < 1.29 is 14.6 Å². The Bertz CT molecular complexity index is 498. The van der Waals surface area contributed by atoms with Crippen molar-refractivity contribution in [1.29, 1.82) is 0 Å². The molecule has 1 aliphatic rings. The van der Waals surface area contributed by atoms with Gasteiger partial charge >= 0.3 is 0 Å². The molecule has 0 bridgehead atoms. The molecule has 0 saturated carbocycles. The summed E-state index contributed by atoms with van der Waals surface area (Å²) < 4.78 is 6.38. The van der Waals surface area contributed by atoms with Gasteiger partial charge in [0.05, 0.1) is 4.47 Å². The molecule has 0 aliphatic carbocycles.